The van der Waals surface area contributed by atoms with E-state index >= 15 is 0 Å². The van der Waals surface area contributed by atoms with Crippen LogP contribution < -0.4 is 10.6 Å². The Morgan fingerprint density at radius 1 is 0.950 bits per heavy atom. The third-order valence-corrected chi connectivity index (χ3v) is 6.06. The maximum Gasteiger partial charge on any atom is 0.261 e. The minimum Gasteiger partial charge on any atom is -0.324 e. The van der Waals surface area contributed by atoms with Gasteiger partial charge in [-0.05, 0) is 80.0 Å². The molecule has 0 atom stereocenters. The molecule has 0 radical (unpaired) electrons. The van der Waals surface area contributed by atoms with Gasteiger partial charge in [0.2, 0.25) is 5.95 Å². The number of benzene rings is 2. The molecule has 208 valence electrons. The Hall–Kier alpha value is -4.19. The molecule has 3 N–H and O–H groups in total. The van der Waals surface area contributed by atoms with Crippen molar-refractivity contribution in [3.8, 4) is 11.3 Å². The van der Waals surface area contributed by atoms with Gasteiger partial charge in [-0.2, -0.15) is 8.42 Å². The van der Waals surface area contributed by atoms with E-state index in [1.807, 2.05) is 66.7 Å². The number of piperidine rings is 1. The molecular formula is C29H32N6O4S. The van der Waals surface area contributed by atoms with Gasteiger partial charge < -0.3 is 10.6 Å². The van der Waals surface area contributed by atoms with E-state index < -0.39 is 10.1 Å². The van der Waals surface area contributed by atoms with Crippen LogP contribution in [0.3, 0.4) is 0 Å². The van der Waals surface area contributed by atoms with E-state index in [9.17, 15) is 13.2 Å². The molecule has 0 spiro atoms. The highest BCUT2D eigenvalue weighted by molar-refractivity contribution is 7.85. The van der Waals surface area contributed by atoms with Gasteiger partial charge >= 0.3 is 0 Å². The zero-order chi connectivity index (χ0) is 28.4. The molecule has 0 unspecified atom stereocenters. The second-order valence-corrected chi connectivity index (χ2v) is 10.9. The fourth-order valence-electron chi connectivity index (χ4n) is 4.24. The number of hydrogen-bond donors (Lipinski definition) is 3. The van der Waals surface area contributed by atoms with E-state index in [-0.39, 0.29) is 5.91 Å². The number of carbonyl (C=O) groups excluding carboxylic acids is 1. The smallest absolute Gasteiger partial charge is 0.261 e. The third-order valence-electron chi connectivity index (χ3n) is 6.06. The number of nitrogens with zero attached hydrogens (tertiary/aromatic N) is 4. The lowest BCUT2D eigenvalue weighted by Crippen LogP contribution is -2.29. The van der Waals surface area contributed by atoms with Crippen molar-refractivity contribution in [2.24, 2.45) is 0 Å². The summed E-state index contributed by atoms with van der Waals surface area (Å²) >= 11 is 0. The van der Waals surface area contributed by atoms with Crippen LogP contribution in [0.15, 0.2) is 85.3 Å². The number of pyridine rings is 1. The summed E-state index contributed by atoms with van der Waals surface area (Å²) in [5.41, 5.74) is 5.05. The summed E-state index contributed by atoms with van der Waals surface area (Å²) in [6, 6.07) is 21.1. The summed E-state index contributed by atoms with van der Waals surface area (Å²) in [5.74, 6) is 0.334. The molecule has 40 heavy (non-hydrogen) atoms. The SMILES string of the molecule is CS(=O)(=O)O.O=C(Nc1cccc(Nc2nccc(-c3cccnc3)n2)c1)c1ccc(CN2CCCCC2)cc1. The van der Waals surface area contributed by atoms with Crippen LogP contribution in [0.2, 0.25) is 0 Å². The Labute approximate surface area is 234 Å². The maximum absolute atomic E-state index is 12.8. The van der Waals surface area contributed by atoms with E-state index in [1.54, 1.807) is 18.6 Å². The summed E-state index contributed by atoms with van der Waals surface area (Å²) in [7, 11) is -3.67. The van der Waals surface area contributed by atoms with Gasteiger partial charge in [0.15, 0.2) is 0 Å². The van der Waals surface area contributed by atoms with Crippen LogP contribution in [-0.2, 0) is 16.7 Å². The minimum atomic E-state index is -3.67. The summed E-state index contributed by atoms with van der Waals surface area (Å²) in [6.45, 7) is 3.26. The van der Waals surface area contributed by atoms with Crippen molar-refractivity contribution >= 4 is 33.3 Å². The van der Waals surface area contributed by atoms with Crippen molar-refractivity contribution < 1.29 is 17.8 Å². The Balaban J connectivity index is 0.000000681. The van der Waals surface area contributed by atoms with E-state index in [2.05, 4.69) is 30.5 Å². The van der Waals surface area contributed by atoms with Crippen molar-refractivity contribution in [2.75, 3.05) is 30.0 Å². The fourth-order valence-corrected chi connectivity index (χ4v) is 4.24. The van der Waals surface area contributed by atoms with E-state index in [4.69, 9.17) is 4.55 Å². The molecule has 1 fully saturated rings. The Kier molecular flexibility index (Phi) is 9.90. The van der Waals surface area contributed by atoms with Gasteiger partial charge in [-0.25, -0.2) is 9.97 Å². The van der Waals surface area contributed by atoms with Crippen molar-refractivity contribution in [3.05, 3.63) is 96.4 Å². The number of carbonyl (C=O) groups is 1. The van der Waals surface area contributed by atoms with Crippen LogP contribution in [0.4, 0.5) is 17.3 Å². The summed E-state index contributed by atoms with van der Waals surface area (Å²) in [4.78, 5) is 28.3. The molecule has 0 bridgehead atoms. The highest BCUT2D eigenvalue weighted by Crippen LogP contribution is 2.21. The van der Waals surface area contributed by atoms with Crippen LogP contribution >= 0.6 is 0 Å². The Bertz CT molecular complexity index is 1500. The van der Waals surface area contributed by atoms with Crippen LogP contribution in [0.5, 0.6) is 0 Å². The standard InChI is InChI=1S/C28H28N6O.CH4O3S/c35-27(22-11-9-21(10-12-22)20-34-16-2-1-3-17-34)31-24-7-4-8-25(18-24)32-28-30-15-13-26(33-28)23-6-5-14-29-19-23;1-5(2,3)4/h4-15,18-19H,1-3,16-17,20H2,(H,31,35)(H,30,32,33);1H3,(H,2,3,4). The Morgan fingerprint density at radius 2 is 1.68 bits per heavy atom. The van der Waals surface area contributed by atoms with Gasteiger partial charge in [0.1, 0.15) is 0 Å². The van der Waals surface area contributed by atoms with Gasteiger partial charge in [0.05, 0.1) is 11.9 Å². The second-order valence-electron chi connectivity index (χ2n) is 9.43. The molecule has 0 saturated carbocycles. The molecule has 10 nitrogen and oxygen atoms in total. The molecule has 11 heteroatoms. The van der Waals surface area contributed by atoms with Crippen molar-refractivity contribution in [1.29, 1.82) is 0 Å². The molecule has 5 rings (SSSR count). The maximum atomic E-state index is 12.8. The second kappa shape index (κ2) is 13.7. The summed E-state index contributed by atoms with van der Waals surface area (Å²) in [6.07, 6.45) is 9.80. The average molecular weight is 561 g/mol. The number of amides is 1. The van der Waals surface area contributed by atoms with E-state index in [0.717, 1.165) is 36.6 Å². The van der Waals surface area contributed by atoms with E-state index in [1.165, 1.54) is 24.8 Å². The van der Waals surface area contributed by atoms with Gasteiger partial charge in [0, 0.05) is 47.6 Å². The topological polar surface area (TPSA) is 137 Å². The molecular weight excluding hydrogens is 528 g/mol. The van der Waals surface area contributed by atoms with Crippen molar-refractivity contribution in [3.63, 3.8) is 0 Å². The predicted molar refractivity (Wildman–Crippen MR) is 156 cm³/mol. The number of likely N-dealkylation sites (tertiary alicyclic amines) is 1. The number of anilines is 3. The first-order valence-electron chi connectivity index (χ1n) is 12.9. The molecule has 1 amide bonds. The fraction of sp³-hybridized carbons (Fsp3) is 0.241. The monoisotopic (exact) mass is 560 g/mol. The highest BCUT2D eigenvalue weighted by Gasteiger charge is 2.12. The first-order valence-corrected chi connectivity index (χ1v) is 14.7. The number of rotatable bonds is 7. The van der Waals surface area contributed by atoms with Crippen LogP contribution in [-0.4, -0.2) is 58.1 Å². The lowest BCUT2D eigenvalue weighted by molar-refractivity contribution is 0.102. The molecule has 3 heterocycles. The van der Waals surface area contributed by atoms with E-state index in [0.29, 0.717) is 23.5 Å². The molecule has 4 aromatic rings. The lowest BCUT2D eigenvalue weighted by atomic mass is 10.1. The van der Waals surface area contributed by atoms with Gasteiger partial charge in [-0.1, -0.05) is 24.6 Å². The zero-order valence-electron chi connectivity index (χ0n) is 22.2. The van der Waals surface area contributed by atoms with Gasteiger partial charge in [-0.3, -0.25) is 19.2 Å². The molecule has 2 aromatic heterocycles. The normalized spacial score (nSPS) is 13.6. The third kappa shape index (κ3) is 9.53. The Morgan fingerprint density at radius 3 is 2.38 bits per heavy atom. The minimum absolute atomic E-state index is 0.138. The molecule has 0 aliphatic carbocycles. The van der Waals surface area contributed by atoms with Gasteiger partial charge in [0.25, 0.3) is 16.0 Å². The predicted octanol–water partition coefficient (Wildman–Crippen LogP) is 5.02. The average Bonchev–Trinajstić information content (AvgIpc) is 2.94. The van der Waals surface area contributed by atoms with Gasteiger partial charge in [-0.15, -0.1) is 0 Å². The quantitative estimate of drug-likeness (QED) is 0.266. The first kappa shape index (κ1) is 28.8. The van der Waals surface area contributed by atoms with Crippen molar-refractivity contribution in [2.45, 2.75) is 25.8 Å². The molecule has 2 aromatic carbocycles. The number of aromatic nitrogens is 3. The molecule has 1 aliphatic rings. The summed E-state index contributed by atoms with van der Waals surface area (Å²) < 4.78 is 25.9. The van der Waals surface area contributed by atoms with Crippen molar-refractivity contribution in [1.82, 2.24) is 19.9 Å². The highest BCUT2D eigenvalue weighted by atomic mass is 32.2. The van der Waals surface area contributed by atoms with Crippen LogP contribution in [0.25, 0.3) is 11.3 Å². The number of nitrogens with one attached hydrogen (secondary N) is 2. The number of hydrogen-bond acceptors (Lipinski definition) is 8. The zero-order valence-corrected chi connectivity index (χ0v) is 23.0. The van der Waals surface area contributed by atoms with Crippen LogP contribution in [0, 0.1) is 0 Å². The largest absolute Gasteiger partial charge is 0.324 e. The molecule has 1 aliphatic heterocycles. The molecule has 1 saturated heterocycles. The van der Waals surface area contributed by atoms with Crippen LogP contribution in [0.1, 0.15) is 35.2 Å². The lowest BCUT2D eigenvalue weighted by Gasteiger charge is -2.26. The first-order chi connectivity index (χ1) is 19.2. The summed E-state index contributed by atoms with van der Waals surface area (Å²) in [5, 5.41) is 6.20.